The highest BCUT2D eigenvalue weighted by Crippen LogP contribution is 2.14. The van der Waals surface area contributed by atoms with Crippen LogP contribution in [0.4, 0.5) is 0 Å². The summed E-state index contributed by atoms with van der Waals surface area (Å²) in [5.74, 6) is 0.0144. The lowest BCUT2D eigenvalue weighted by atomic mass is 10.1. The van der Waals surface area contributed by atoms with Crippen molar-refractivity contribution in [2.45, 2.75) is 6.42 Å². The van der Waals surface area contributed by atoms with Crippen molar-refractivity contribution in [3.63, 3.8) is 0 Å². The third kappa shape index (κ3) is 2.91. The maximum absolute atomic E-state index is 12.4. The average Bonchev–Trinajstić information content (AvgIpc) is 3.00. The molecule has 5 nitrogen and oxygen atoms in total. The van der Waals surface area contributed by atoms with Gasteiger partial charge < -0.3 is 4.90 Å². The molecule has 0 fully saturated rings. The first kappa shape index (κ1) is 13.3. The van der Waals surface area contributed by atoms with Crippen LogP contribution in [-0.4, -0.2) is 39.6 Å². The molecule has 0 aliphatic rings. The van der Waals surface area contributed by atoms with E-state index >= 15 is 0 Å². The third-order valence-corrected chi connectivity index (χ3v) is 3.52. The van der Waals surface area contributed by atoms with Crippen LogP contribution in [0.3, 0.4) is 0 Å². The Bertz CT molecular complexity index is 751. The van der Waals surface area contributed by atoms with Gasteiger partial charge in [0.15, 0.2) is 0 Å². The molecule has 2 aromatic heterocycles. The smallest absolute Gasteiger partial charge is 0.253 e. The Hall–Kier alpha value is -2.69. The second-order valence-corrected chi connectivity index (χ2v) is 5.00. The summed E-state index contributed by atoms with van der Waals surface area (Å²) in [6.45, 7) is 0.670. The number of likely N-dealkylation sites (N-methyl/N-ethyl adjacent to an activating group) is 1. The maximum Gasteiger partial charge on any atom is 0.253 e. The topological polar surface area (TPSA) is 61.9 Å². The lowest BCUT2D eigenvalue weighted by Gasteiger charge is -2.17. The Kier molecular flexibility index (Phi) is 3.64. The van der Waals surface area contributed by atoms with Gasteiger partial charge in [-0.2, -0.15) is 5.10 Å². The van der Waals surface area contributed by atoms with Crippen LogP contribution < -0.4 is 0 Å². The Morgan fingerprint density at radius 1 is 1.24 bits per heavy atom. The Balaban J connectivity index is 1.69. The first-order valence-corrected chi connectivity index (χ1v) is 6.81. The molecule has 3 aromatic rings. The molecule has 0 unspecified atom stereocenters. The van der Waals surface area contributed by atoms with E-state index in [0.29, 0.717) is 12.1 Å². The SMILES string of the molecule is CN(CCc1ccncc1)C(=O)c1ccc2cn[nH]c2c1. The lowest BCUT2D eigenvalue weighted by Crippen LogP contribution is -2.28. The molecule has 1 aromatic carbocycles. The van der Waals surface area contributed by atoms with Gasteiger partial charge in [0, 0.05) is 36.9 Å². The number of fused-ring (bicyclic) bond motifs is 1. The minimum absolute atomic E-state index is 0.0144. The van der Waals surface area contributed by atoms with E-state index < -0.39 is 0 Å². The van der Waals surface area contributed by atoms with Crippen LogP contribution >= 0.6 is 0 Å². The molecule has 2 heterocycles. The molecule has 21 heavy (non-hydrogen) atoms. The van der Waals surface area contributed by atoms with Gasteiger partial charge in [-0.05, 0) is 36.2 Å². The summed E-state index contributed by atoms with van der Waals surface area (Å²) in [5.41, 5.74) is 2.72. The first-order chi connectivity index (χ1) is 10.2. The van der Waals surface area contributed by atoms with Gasteiger partial charge in [-0.15, -0.1) is 0 Å². The summed E-state index contributed by atoms with van der Waals surface area (Å²) in [4.78, 5) is 18.1. The van der Waals surface area contributed by atoms with Gasteiger partial charge in [-0.1, -0.05) is 6.07 Å². The normalized spacial score (nSPS) is 10.7. The maximum atomic E-state index is 12.4. The molecule has 0 spiro atoms. The second kappa shape index (κ2) is 5.75. The number of aromatic nitrogens is 3. The van der Waals surface area contributed by atoms with E-state index in [1.165, 1.54) is 5.56 Å². The van der Waals surface area contributed by atoms with Crippen molar-refractivity contribution in [3.8, 4) is 0 Å². The standard InChI is InChI=1S/C16H16N4O/c1-20(9-6-12-4-7-17-8-5-12)16(21)13-2-3-14-11-18-19-15(14)10-13/h2-5,7-8,10-11H,6,9H2,1H3,(H,18,19). The summed E-state index contributed by atoms with van der Waals surface area (Å²) in [6, 6.07) is 9.52. The molecule has 0 aliphatic carbocycles. The number of benzene rings is 1. The molecule has 106 valence electrons. The summed E-state index contributed by atoms with van der Waals surface area (Å²) >= 11 is 0. The number of hydrogen-bond donors (Lipinski definition) is 1. The van der Waals surface area contributed by atoms with Crippen LogP contribution in [-0.2, 0) is 6.42 Å². The number of nitrogens with one attached hydrogen (secondary N) is 1. The number of amides is 1. The van der Waals surface area contributed by atoms with Crippen LogP contribution in [0.15, 0.2) is 48.9 Å². The van der Waals surface area contributed by atoms with Crippen LogP contribution in [0.1, 0.15) is 15.9 Å². The molecular weight excluding hydrogens is 264 g/mol. The summed E-state index contributed by atoms with van der Waals surface area (Å²) in [5, 5.41) is 7.86. The molecule has 0 radical (unpaired) electrons. The number of hydrogen-bond acceptors (Lipinski definition) is 3. The lowest BCUT2D eigenvalue weighted by molar-refractivity contribution is 0.0797. The van der Waals surface area contributed by atoms with Gasteiger partial charge in [0.25, 0.3) is 5.91 Å². The van der Waals surface area contributed by atoms with Crippen LogP contribution in [0, 0.1) is 0 Å². The number of aromatic amines is 1. The number of H-pyrrole nitrogens is 1. The molecule has 3 rings (SSSR count). The van der Waals surface area contributed by atoms with Crippen molar-refractivity contribution >= 4 is 16.8 Å². The van der Waals surface area contributed by atoms with Gasteiger partial charge in [-0.3, -0.25) is 14.9 Å². The van der Waals surface area contributed by atoms with E-state index in [-0.39, 0.29) is 5.91 Å². The van der Waals surface area contributed by atoms with Gasteiger partial charge in [0.1, 0.15) is 0 Å². The summed E-state index contributed by atoms with van der Waals surface area (Å²) < 4.78 is 0. The fraction of sp³-hybridized carbons (Fsp3) is 0.188. The van der Waals surface area contributed by atoms with Crippen molar-refractivity contribution in [1.29, 1.82) is 0 Å². The average molecular weight is 280 g/mol. The predicted octanol–water partition coefficient (Wildman–Crippen LogP) is 2.27. The predicted molar refractivity (Wildman–Crippen MR) is 81.0 cm³/mol. The monoisotopic (exact) mass is 280 g/mol. The Morgan fingerprint density at radius 2 is 2.05 bits per heavy atom. The minimum atomic E-state index is 0.0144. The van der Waals surface area contributed by atoms with E-state index in [1.54, 1.807) is 23.5 Å². The Labute approximate surface area is 122 Å². The van der Waals surface area contributed by atoms with Crippen molar-refractivity contribution in [2.24, 2.45) is 0 Å². The third-order valence-electron chi connectivity index (χ3n) is 3.52. The molecule has 0 saturated heterocycles. The highest BCUT2D eigenvalue weighted by molar-refractivity contribution is 5.97. The van der Waals surface area contributed by atoms with E-state index in [1.807, 2.05) is 37.4 Å². The Morgan fingerprint density at radius 3 is 2.86 bits per heavy atom. The van der Waals surface area contributed by atoms with Crippen LogP contribution in [0.5, 0.6) is 0 Å². The zero-order valence-electron chi connectivity index (χ0n) is 11.8. The van der Waals surface area contributed by atoms with E-state index in [4.69, 9.17) is 0 Å². The zero-order valence-corrected chi connectivity index (χ0v) is 11.8. The van der Waals surface area contributed by atoms with Crippen molar-refractivity contribution in [2.75, 3.05) is 13.6 Å². The van der Waals surface area contributed by atoms with Crippen molar-refractivity contribution < 1.29 is 4.79 Å². The van der Waals surface area contributed by atoms with E-state index in [2.05, 4.69) is 15.2 Å². The molecular formula is C16H16N4O. The summed E-state index contributed by atoms with van der Waals surface area (Å²) in [7, 11) is 1.82. The number of carbonyl (C=O) groups is 1. The van der Waals surface area contributed by atoms with Crippen LogP contribution in [0.2, 0.25) is 0 Å². The number of rotatable bonds is 4. The van der Waals surface area contributed by atoms with Crippen LogP contribution in [0.25, 0.3) is 10.9 Å². The molecule has 1 N–H and O–H groups in total. The molecule has 0 bridgehead atoms. The second-order valence-electron chi connectivity index (χ2n) is 5.00. The molecule has 1 amide bonds. The fourth-order valence-corrected chi connectivity index (χ4v) is 2.24. The van der Waals surface area contributed by atoms with E-state index in [0.717, 1.165) is 17.3 Å². The molecule has 5 heteroatoms. The highest BCUT2D eigenvalue weighted by Gasteiger charge is 2.12. The quantitative estimate of drug-likeness (QED) is 0.797. The first-order valence-electron chi connectivity index (χ1n) is 6.81. The highest BCUT2D eigenvalue weighted by atomic mass is 16.2. The largest absolute Gasteiger partial charge is 0.341 e. The number of pyridine rings is 1. The minimum Gasteiger partial charge on any atom is -0.341 e. The zero-order chi connectivity index (χ0) is 14.7. The number of nitrogens with zero attached hydrogens (tertiary/aromatic N) is 3. The van der Waals surface area contributed by atoms with Gasteiger partial charge in [0.05, 0.1) is 11.7 Å². The van der Waals surface area contributed by atoms with Crippen molar-refractivity contribution in [3.05, 3.63) is 60.0 Å². The van der Waals surface area contributed by atoms with Gasteiger partial charge >= 0.3 is 0 Å². The molecule has 0 aliphatic heterocycles. The summed E-state index contributed by atoms with van der Waals surface area (Å²) in [6.07, 6.45) is 6.10. The fourth-order valence-electron chi connectivity index (χ4n) is 2.24. The molecule has 0 saturated carbocycles. The van der Waals surface area contributed by atoms with Crippen molar-refractivity contribution in [1.82, 2.24) is 20.1 Å². The van der Waals surface area contributed by atoms with Gasteiger partial charge in [0.2, 0.25) is 0 Å². The van der Waals surface area contributed by atoms with E-state index in [9.17, 15) is 4.79 Å². The number of carbonyl (C=O) groups excluding carboxylic acids is 1. The van der Waals surface area contributed by atoms with Gasteiger partial charge in [-0.25, -0.2) is 0 Å². The molecule has 0 atom stereocenters.